The van der Waals surface area contributed by atoms with E-state index in [1.165, 1.54) is 49.7 Å². The van der Waals surface area contributed by atoms with Gasteiger partial charge in [0.25, 0.3) is 0 Å². The molecule has 0 heterocycles. The maximum Gasteiger partial charge on any atom is 0.00702 e. The molecule has 0 bridgehead atoms. The van der Waals surface area contributed by atoms with Gasteiger partial charge in [0, 0.05) is 6.04 Å². The summed E-state index contributed by atoms with van der Waals surface area (Å²) in [5.74, 6) is 1.06. The van der Waals surface area contributed by atoms with Crippen LogP contribution in [0.2, 0.25) is 0 Å². The molecule has 100 valence electrons. The van der Waals surface area contributed by atoms with Crippen LogP contribution in [0.15, 0.2) is 24.3 Å². The lowest BCUT2D eigenvalue weighted by molar-refractivity contribution is 0.440. The highest BCUT2D eigenvalue weighted by molar-refractivity contribution is 5.25. The Morgan fingerprint density at radius 3 is 2.67 bits per heavy atom. The van der Waals surface area contributed by atoms with Crippen LogP contribution in [0, 0.1) is 12.8 Å². The summed E-state index contributed by atoms with van der Waals surface area (Å²) in [6.07, 6.45) is 8.27. The molecule has 1 atom stereocenters. The number of benzene rings is 1. The van der Waals surface area contributed by atoms with Gasteiger partial charge in [0.15, 0.2) is 0 Å². The molecular weight excluding hydrogens is 218 g/mol. The van der Waals surface area contributed by atoms with Crippen LogP contribution in [0.5, 0.6) is 0 Å². The molecule has 1 unspecified atom stereocenters. The van der Waals surface area contributed by atoms with E-state index in [1.54, 1.807) is 0 Å². The first-order chi connectivity index (χ1) is 8.79. The van der Waals surface area contributed by atoms with E-state index in [0.29, 0.717) is 0 Å². The molecular formula is C17H27N. The SMILES string of the molecule is CCNC(CCc1ccccc1C)CCC1CC1. The number of aryl methyl sites for hydroxylation is 2. The third-order valence-corrected chi connectivity index (χ3v) is 4.14. The lowest BCUT2D eigenvalue weighted by Gasteiger charge is -2.18. The number of hydrogen-bond acceptors (Lipinski definition) is 1. The van der Waals surface area contributed by atoms with Gasteiger partial charge >= 0.3 is 0 Å². The molecule has 1 nitrogen and oxygen atoms in total. The minimum absolute atomic E-state index is 0.718. The summed E-state index contributed by atoms with van der Waals surface area (Å²) in [5, 5.41) is 3.66. The first kappa shape index (κ1) is 13.6. The topological polar surface area (TPSA) is 12.0 Å². The Kier molecular flexibility index (Phi) is 5.25. The fourth-order valence-electron chi connectivity index (χ4n) is 2.70. The van der Waals surface area contributed by atoms with E-state index in [9.17, 15) is 0 Å². The highest BCUT2D eigenvalue weighted by Gasteiger charge is 2.22. The molecule has 0 saturated heterocycles. The van der Waals surface area contributed by atoms with Crippen molar-refractivity contribution in [1.82, 2.24) is 5.32 Å². The molecule has 2 rings (SSSR count). The minimum atomic E-state index is 0.718. The number of nitrogens with one attached hydrogen (secondary N) is 1. The molecule has 1 heteroatoms. The first-order valence-corrected chi connectivity index (χ1v) is 7.57. The Balaban J connectivity index is 1.78. The van der Waals surface area contributed by atoms with Crippen molar-refractivity contribution in [3.8, 4) is 0 Å². The van der Waals surface area contributed by atoms with Gasteiger partial charge in [0.05, 0.1) is 0 Å². The minimum Gasteiger partial charge on any atom is -0.314 e. The van der Waals surface area contributed by atoms with Crippen LogP contribution in [-0.4, -0.2) is 12.6 Å². The smallest absolute Gasteiger partial charge is 0.00702 e. The second-order valence-electron chi connectivity index (χ2n) is 5.74. The molecule has 18 heavy (non-hydrogen) atoms. The normalized spacial score (nSPS) is 16.8. The zero-order chi connectivity index (χ0) is 12.8. The second-order valence-corrected chi connectivity index (χ2v) is 5.74. The van der Waals surface area contributed by atoms with E-state index in [4.69, 9.17) is 0 Å². The first-order valence-electron chi connectivity index (χ1n) is 7.57. The van der Waals surface area contributed by atoms with Crippen LogP contribution in [0.1, 0.15) is 50.2 Å². The molecule has 0 aromatic heterocycles. The van der Waals surface area contributed by atoms with Crippen LogP contribution in [-0.2, 0) is 6.42 Å². The van der Waals surface area contributed by atoms with Crippen LogP contribution in [0.25, 0.3) is 0 Å². The Morgan fingerprint density at radius 2 is 2.00 bits per heavy atom. The summed E-state index contributed by atoms with van der Waals surface area (Å²) in [6.45, 7) is 5.54. The Hall–Kier alpha value is -0.820. The van der Waals surface area contributed by atoms with Crippen LogP contribution in [0.4, 0.5) is 0 Å². The van der Waals surface area contributed by atoms with Gasteiger partial charge < -0.3 is 5.32 Å². The Bertz CT molecular complexity index is 354. The van der Waals surface area contributed by atoms with Crippen LogP contribution < -0.4 is 5.32 Å². The summed E-state index contributed by atoms with van der Waals surface area (Å²) in [5.41, 5.74) is 2.96. The summed E-state index contributed by atoms with van der Waals surface area (Å²) in [4.78, 5) is 0. The number of rotatable bonds is 8. The van der Waals surface area contributed by atoms with Gasteiger partial charge in [0.2, 0.25) is 0 Å². The molecule has 1 saturated carbocycles. The molecule has 1 aromatic rings. The van der Waals surface area contributed by atoms with Crippen molar-refractivity contribution in [3.63, 3.8) is 0 Å². The maximum atomic E-state index is 3.66. The lowest BCUT2D eigenvalue weighted by atomic mass is 9.98. The van der Waals surface area contributed by atoms with Gasteiger partial charge in [-0.1, -0.05) is 44.0 Å². The average Bonchev–Trinajstić information content (AvgIpc) is 3.18. The molecule has 0 radical (unpaired) electrons. The standard InChI is InChI=1S/C17H27N/c1-3-18-17(12-10-15-8-9-15)13-11-16-7-5-4-6-14(16)2/h4-7,15,17-18H,3,8-13H2,1-2H3. The largest absolute Gasteiger partial charge is 0.314 e. The quantitative estimate of drug-likeness (QED) is 0.727. The molecule has 0 spiro atoms. The second kappa shape index (κ2) is 6.94. The zero-order valence-corrected chi connectivity index (χ0v) is 11.9. The summed E-state index contributed by atoms with van der Waals surface area (Å²) in [7, 11) is 0. The van der Waals surface area contributed by atoms with Gasteiger partial charge in [-0.3, -0.25) is 0 Å². The van der Waals surface area contributed by atoms with Crippen molar-refractivity contribution in [2.45, 2.75) is 58.4 Å². The van der Waals surface area contributed by atoms with Gasteiger partial charge in [-0.15, -0.1) is 0 Å². The third kappa shape index (κ3) is 4.45. The van der Waals surface area contributed by atoms with Gasteiger partial charge in [-0.2, -0.15) is 0 Å². The average molecular weight is 245 g/mol. The van der Waals surface area contributed by atoms with E-state index >= 15 is 0 Å². The van der Waals surface area contributed by atoms with Gasteiger partial charge in [-0.05, 0) is 56.2 Å². The van der Waals surface area contributed by atoms with Crippen molar-refractivity contribution in [2.24, 2.45) is 5.92 Å². The molecule has 1 aromatic carbocycles. The summed E-state index contributed by atoms with van der Waals surface area (Å²) >= 11 is 0. The molecule has 0 aliphatic heterocycles. The van der Waals surface area contributed by atoms with Crippen molar-refractivity contribution >= 4 is 0 Å². The van der Waals surface area contributed by atoms with E-state index in [0.717, 1.165) is 18.5 Å². The van der Waals surface area contributed by atoms with E-state index in [1.807, 2.05) is 0 Å². The fraction of sp³-hybridized carbons (Fsp3) is 0.647. The van der Waals surface area contributed by atoms with Crippen LogP contribution in [0.3, 0.4) is 0 Å². The lowest BCUT2D eigenvalue weighted by Crippen LogP contribution is -2.29. The van der Waals surface area contributed by atoms with Gasteiger partial charge in [0.1, 0.15) is 0 Å². The molecule has 1 N–H and O–H groups in total. The van der Waals surface area contributed by atoms with Gasteiger partial charge in [-0.25, -0.2) is 0 Å². The summed E-state index contributed by atoms with van der Waals surface area (Å²) < 4.78 is 0. The van der Waals surface area contributed by atoms with E-state index in [2.05, 4.69) is 43.4 Å². The third-order valence-electron chi connectivity index (χ3n) is 4.14. The molecule has 1 aliphatic carbocycles. The van der Waals surface area contributed by atoms with Crippen molar-refractivity contribution in [2.75, 3.05) is 6.54 Å². The molecule has 1 fully saturated rings. The van der Waals surface area contributed by atoms with Crippen LogP contribution >= 0.6 is 0 Å². The molecule has 1 aliphatic rings. The summed E-state index contributed by atoms with van der Waals surface area (Å²) in [6, 6.07) is 9.51. The van der Waals surface area contributed by atoms with Crippen molar-refractivity contribution in [3.05, 3.63) is 35.4 Å². The van der Waals surface area contributed by atoms with E-state index < -0.39 is 0 Å². The van der Waals surface area contributed by atoms with E-state index in [-0.39, 0.29) is 0 Å². The highest BCUT2D eigenvalue weighted by atomic mass is 14.9. The fourth-order valence-corrected chi connectivity index (χ4v) is 2.70. The Morgan fingerprint density at radius 1 is 1.22 bits per heavy atom. The molecule has 0 amide bonds. The highest BCUT2D eigenvalue weighted by Crippen LogP contribution is 2.34. The van der Waals surface area contributed by atoms with Crippen molar-refractivity contribution in [1.29, 1.82) is 0 Å². The maximum absolute atomic E-state index is 3.66. The monoisotopic (exact) mass is 245 g/mol. The predicted octanol–water partition coefficient (Wildman–Crippen LogP) is 4.10. The van der Waals surface area contributed by atoms with Crippen molar-refractivity contribution < 1.29 is 0 Å². The predicted molar refractivity (Wildman–Crippen MR) is 78.9 cm³/mol. The zero-order valence-electron chi connectivity index (χ0n) is 11.9. The number of hydrogen-bond donors (Lipinski definition) is 1. The Labute approximate surface area is 112 Å².